The molecular formula is C41H81NO10. The molecule has 0 aromatic heterocycles. The van der Waals surface area contributed by atoms with Crippen LogP contribution in [-0.2, 0) is 14.3 Å². The van der Waals surface area contributed by atoms with E-state index in [1.807, 2.05) is 0 Å². The summed E-state index contributed by atoms with van der Waals surface area (Å²) in [6.07, 6.45) is 15.8. The molecule has 0 bridgehead atoms. The highest BCUT2D eigenvalue weighted by molar-refractivity contribution is 5.80. The van der Waals surface area contributed by atoms with E-state index < -0.39 is 74.2 Å². The average molecular weight is 748 g/mol. The molecule has 10 atom stereocenters. The van der Waals surface area contributed by atoms with Gasteiger partial charge in [-0.05, 0) is 18.8 Å². The molecule has 310 valence electrons. The Hall–Kier alpha value is -0.890. The monoisotopic (exact) mass is 748 g/mol. The molecule has 6 unspecified atom stereocenters. The summed E-state index contributed by atoms with van der Waals surface area (Å²) in [4.78, 5) is 13.0. The van der Waals surface area contributed by atoms with E-state index in [2.05, 4.69) is 26.1 Å². The summed E-state index contributed by atoms with van der Waals surface area (Å²) in [5.74, 6) is 0.118. The number of hydrogen-bond acceptors (Lipinski definition) is 10. The number of hydrogen-bond donors (Lipinski definition) is 8. The summed E-state index contributed by atoms with van der Waals surface area (Å²) < 4.78 is 11.1. The summed E-state index contributed by atoms with van der Waals surface area (Å²) in [6.45, 7) is 5.74. The second-order valence-corrected chi connectivity index (χ2v) is 15.7. The van der Waals surface area contributed by atoms with Gasteiger partial charge in [-0.25, -0.2) is 0 Å². The highest BCUT2D eigenvalue weighted by Gasteiger charge is 2.44. The van der Waals surface area contributed by atoms with Crippen LogP contribution in [0.25, 0.3) is 0 Å². The Morgan fingerprint density at radius 1 is 0.654 bits per heavy atom. The molecule has 11 nitrogen and oxygen atoms in total. The van der Waals surface area contributed by atoms with Crippen molar-refractivity contribution in [3.63, 3.8) is 0 Å². The Kier molecular flexibility index (Phi) is 29.6. The van der Waals surface area contributed by atoms with Gasteiger partial charge in [-0.2, -0.15) is 0 Å². The number of aliphatic hydroxyl groups excluding tert-OH is 7. The second-order valence-electron chi connectivity index (χ2n) is 15.7. The minimum absolute atomic E-state index is 0.264. The van der Waals surface area contributed by atoms with Gasteiger partial charge in [0.1, 0.15) is 36.6 Å². The minimum atomic E-state index is -1.66. The first kappa shape index (κ1) is 49.1. The number of nitrogens with one attached hydrogen (secondary N) is 1. The predicted octanol–water partition coefficient (Wildman–Crippen LogP) is 5.80. The third-order valence-electron chi connectivity index (χ3n) is 11.0. The Bertz CT molecular complexity index is 835. The molecule has 11 heteroatoms. The zero-order valence-corrected chi connectivity index (χ0v) is 33.2. The van der Waals surface area contributed by atoms with Gasteiger partial charge in [0.2, 0.25) is 5.91 Å². The van der Waals surface area contributed by atoms with Gasteiger partial charge in [0.15, 0.2) is 6.29 Å². The van der Waals surface area contributed by atoms with Crippen LogP contribution in [0.1, 0.15) is 181 Å². The van der Waals surface area contributed by atoms with Crippen molar-refractivity contribution >= 4 is 5.91 Å². The van der Waals surface area contributed by atoms with Crippen LogP contribution in [0.5, 0.6) is 0 Å². The third kappa shape index (κ3) is 21.9. The lowest BCUT2D eigenvalue weighted by Crippen LogP contribution is -2.60. The first-order valence-corrected chi connectivity index (χ1v) is 21.3. The molecule has 1 aliphatic heterocycles. The number of carbonyl (C=O) groups is 1. The molecule has 8 N–H and O–H groups in total. The van der Waals surface area contributed by atoms with Gasteiger partial charge in [0, 0.05) is 0 Å². The number of unbranched alkanes of at least 4 members (excludes halogenated alkanes) is 19. The lowest BCUT2D eigenvalue weighted by atomic mass is 9.98. The normalized spacial score (nSPS) is 23.6. The van der Waals surface area contributed by atoms with Crippen molar-refractivity contribution in [2.75, 3.05) is 13.2 Å². The molecule has 1 heterocycles. The lowest BCUT2D eigenvalue weighted by Gasteiger charge is -2.40. The van der Waals surface area contributed by atoms with Crippen molar-refractivity contribution in [3.8, 4) is 0 Å². The molecule has 1 rings (SSSR count). The van der Waals surface area contributed by atoms with Gasteiger partial charge in [0.25, 0.3) is 0 Å². The molecular weight excluding hydrogens is 666 g/mol. The molecule has 1 saturated heterocycles. The van der Waals surface area contributed by atoms with Crippen molar-refractivity contribution in [2.45, 2.75) is 236 Å². The van der Waals surface area contributed by atoms with Crippen LogP contribution in [0.4, 0.5) is 0 Å². The Morgan fingerprint density at radius 3 is 1.60 bits per heavy atom. The molecule has 0 aromatic rings. The van der Waals surface area contributed by atoms with Crippen LogP contribution in [0.3, 0.4) is 0 Å². The van der Waals surface area contributed by atoms with Crippen molar-refractivity contribution in [1.82, 2.24) is 5.32 Å². The maximum atomic E-state index is 13.0. The SMILES string of the molecule is CCCCCCCCCCCCCC[C@@H](O)C(=O)NC(CO[C@@H]1OC(CO)[C@@H](O)C(O)C1O)[C@H](O)C(O)CCCCCCCCCCCC(C)CC. The smallest absolute Gasteiger partial charge is 0.249 e. The Labute approximate surface area is 316 Å². The predicted molar refractivity (Wildman–Crippen MR) is 206 cm³/mol. The highest BCUT2D eigenvalue weighted by atomic mass is 16.7. The van der Waals surface area contributed by atoms with E-state index in [1.54, 1.807) is 0 Å². The van der Waals surface area contributed by atoms with E-state index in [0.29, 0.717) is 19.3 Å². The van der Waals surface area contributed by atoms with Gasteiger partial charge in [-0.1, -0.05) is 168 Å². The zero-order valence-electron chi connectivity index (χ0n) is 33.2. The summed E-state index contributed by atoms with van der Waals surface area (Å²) in [5, 5.41) is 75.4. The standard InChI is InChI=1S/C41H81NO10/c1-4-6-7-8-9-10-11-12-15-19-22-25-28-34(45)40(50)42-32(30-51-41-39(49)38(48)37(47)35(29-43)52-41)36(46)33(44)27-24-21-18-16-13-14-17-20-23-26-31(3)5-2/h31-39,41,43-49H,4-30H2,1-3H3,(H,42,50)/t31?,32?,33?,34-,35?,36+,37-,38?,39?,41-/m1/s1. The third-order valence-corrected chi connectivity index (χ3v) is 11.0. The molecule has 0 spiro atoms. The molecule has 1 amide bonds. The van der Waals surface area contributed by atoms with Crippen LogP contribution < -0.4 is 5.32 Å². The lowest BCUT2D eigenvalue weighted by molar-refractivity contribution is -0.303. The van der Waals surface area contributed by atoms with E-state index in [0.717, 1.165) is 44.4 Å². The van der Waals surface area contributed by atoms with Crippen molar-refractivity contribution < 1.29 is 50.0 Å². The molecule has 0 aromatic carbocycles. The topological polar surface area (TPSA) is 189 Å². The number of carbonyl (C=O) groups excluding carboxylic acids is 1. The first-order valence-electron chi connectivity index (χ1n) is 21.3. The van der Waals surface area contributed by atoms with Crippen LogP contribution in [0.15, 0.2) is 0 Å². The zero-order chi connectivity index (χ0) is 38.6. The van der Waals surface area contributed by atoms with Crippen molar-refractivity contribution in [1.29, 1.82) is 0 Å². The van der Waals surface area contributed by atoms with Crippen LogP contribution in [-0.4, -0.2) is 110 Å². The van der Waals surface area contributed by atoms with Gasteiger partial charge in [-0.3, -0.25) is 4.79 Å². The number of ether oxygens (including phenoxy) is 2. The highest BCUT2D eigenvalue weighted by Crippen LogP contribution is 2.23. The number of amides is 1. The quantitative estimate of drug-likeness (QED) is 0.0374. The maximum absolute atomic E-state index is 13.0. The Morgan fingerprint density at radius 2 is 1.12 bits per heavy atom. The molecule has 1 fully saturated rings. The average Bonchev–Trinajstić information content (AvgIpc) is 3.14. The Balaban J connectivity index is 2.53. The summed E-state index contributed by atoms with van der Waals surface area (Å²) in [7, 11) is 0. The van der Waals surface area contributed by atoms with Crippen molar-refractivity contribution in [3.05, 3.63) is 0 Å². The maximum Gasteiger partial charge on any atom is 0.249 e. The van der Waals surface area contributed by atoms with Gasteiger partial charge >= 0.3 is 0 Å². The largest absolute Gasteiger partial charge is 0.394 e. The fourth-order valence-electron chi connectivity index (χ4n) is 6.94. The van der Waals surface area contributed by atoms with Gasteiger partial charge in [-0.15, -0.1) is 0 Å². The van der Waals surface area contributed by atoms with Crippen LogP contribution in [0, 0.1) is 5.92 Å². The van der Waals surface area contributed by atoms with E-state index >= 15 is 0 Å². The summed E-state index contributed by atoms with van der Waals surface area (Å²) in [6, 6.07) is -1.16. The fraction of sp³-hybridized carbons (Fsp3) is 0.976. The molecule has 1 aliphatic rings. The van der Waals surface area contributed by atoms with E-state index in [9.17, 15) is 40.5 Å². The fourth-order valence-corrected chi connectivity index (χ4v) is 6.94. The van der Waals surface area contributed by atoms with E-state index in [4.69, 9.17) is 9.47 Å². The van der Waals surface area contributed by atoms with E-state index in [-0.39, 0.29) is 6.42 Å². The van der Waals surface area contributed by atoms with Crippen LogP contribution in [0.2, 0.25) is 0 Å². The second kappa shape index (κ2) is 31.3. The van der Waals surface area contributed by atoms with Gasteiger partial charge < -0.3 is 50.5 Å². The number of aliphatic hydroxyl groups is 7. The van der Waals surface area contributed by atoms with Crippen LogP contribution >= 0.6 is 0 Å². The summed E-state index contributed by atoms with van der Waals surface area (Å²) >= 11 is 0. The molecule has 0 aliphatic carbocycles. The van der Waals surface area contributed by atoms with Gasteiger partial charge in [0.05, 0.1) is 25.4 Å². The molecule has 0 saturated carbocycles. The molecule has 52 heavy (non-hydrogen) atoms. The summed E-state index contributed by atoms with van der Waals surface area (Å²) in [5.41, 5.74) is 0. The molecule has 0 radical (unpaired) electrons. The van der Waals surface area contributed by atoms with E-state index in [1.165, 1.54) is 96.3 Å². The minimum Gasteiger partial charge on any atom is -0.394 e. The number of rotatable bonds is 34. The first-order chi connectivity index (χ1) is 25.1. The van der Waals surface area contributed by atoms with Crippen molar-refractivity contribution in [2.24, 2.45) is 5.92 Å².